The van der Waals surface area contributed by atoms with Crippen LogP contribution in [-0.4, -0.2) is 12.0 Å². The number of rotatable bonds is 5. The number of hydrogen-bond donors (Lipinski definition) is 0. The molecule has 1 saturated carbocycles. The zero-order valence-electron chi connectivity index (χ0n) is 11.2. The monoisotopic (exact) mass is 264 g/mol. The van der Waals surface area contributed by atoms with Crippen molar-refractivity contribution in [2.75, 3.05) is 0 Å². The molecule has 106 valence electrons. The summed E-state index contributed by atoms with van der Waals surface area (Å²) in [6.07, 6.45) is -0.121. The highest BCUT2D eigenvalue weighted by Crippen LogP contribution is 2.42. The fourth-order valence-corrected chi connectivity index (χ4v) is 3.00. The highest BCUT2D eigenvalue weighted by atomic mass is 19.4. The van der Waals surface area contributed by atoms with Gasteiger partial charge in [0.15, 0.2) is 0 Å². The average molecular weight is 264 g/mol. The van der Waals surface area contributed by atoms with Gasteiger partial charge in [-0.05, 0) is 18.8 Å². The number of carbonyl (C=O) groups excluding carboxylic acids is 1. The van der Waals surface area contributed by atoms with Crippen molar-refractivity contribution in [3.63, 3.8) is 0 Å². The minimum atomic E-state index is -4.21. The molecule has 0 N–H and O–H groups in total. The van der Waals surface area contributed by atoms with Crippen LogP contribution in [0.4, 0.5) is 13.2 Å². The van der Waals surface area contributed by atoms with E-state index in [1.165, 1.54) is 0 Å². The number of carbonyl (C=O) groups is 1. The lowest BCUT2D eigenvalue weighted by Crippen LogP contribution is -2.37. The van der Waals surface area contributed by atoms with E-state index >= 15 is 0 Å². The van der Waals surface area contributed by atoms with Crippen LogP contribution in [0.3, 0.4) is 0 Å². The molecule has 0 bridgehead atoms. The summed E-state index contributed by atoms with van der Waals surface area (Å²) in [6.45, 7) is 3.98. The first-order chi connectivity index (χ1) is 8.36. The van der Waals surface area contributed by atoms with Crippen molar-refractivity contribution in [3.05, 3.63) is 0 Å². The second-order valence-corrected chi connectivity index (χ2v) is 5.60. The van der Waals surface area contributed by atoms with Crippen LogP contribution in [0.2, 0.25) is 0 Å². The molecule has 0 aromatic heterocycles. The summed E-state index contributed by atoms with van der Waals surface area (Å²) in [5, 5.41) is 0. The third kappa shape index (κ3) is 4.29. The van der Waals surface area contributed by atoms with Crippen LogP contribution in [-0.2, 0) is 4.79 Å². The first-order valence-electron chi connectivity index (χ1n) is 6.95. The minimum Gasteiger partial charge on any atom is -0.299 e. The molecule has 1 aliphatic carbocycles. The first kappa shape index (κ1) is 15.5. The van der Waals surface area contributed by atoms with E-state index in [0.29, 0.717) is 19.3 Å². The molecule has 0 aromatic rings. The molecule has 1 fully saturated rings. The molecule has 0 spiro atoms. The van der Waals surface area contributed by atoms with Gasteiger partial charge in [0, 0.05) is 12.3 Å². The zero-order valence-corrected chi connectivity index (χ0v) is 11.2. The van der Waals surface area contributed by atoms with Gasteiger partial charge in [0.1, 0.15) is 5.78 Å². The predicted molar refractivity (Wildman–Crippen MR) is 65.2 cm³/mol. The standard InChI is InChI=1S/C14H23F3O/c1-3-6-10(2)9-13(18)11-7-4-5-8-12(11)14(15,16)17/h10-12H,3-9H2,1-2H3. The van der Waals surface area contributed by atoms with Gasteiger partial charge in [-0.15, -0.1) is 0 Å². The summed E-state index contributed by atoms with van der Waals surface area (Å²) in [5.74, 6) is -2.14. The fraction of sp³-hybridized carbons (Fsp3) is 0.929. The van der Waals surface area contributed by atoms with Gasteiger partial charge in [0.25, 0.3) is 0 Å². The van der Waals surface area contributed by atoms with Crippen LogP contribution >= 0.6 is 0 Å². The number of alkyl halides is 3. The Bertz CT molecular complexity index is 273. The van der Waals surface area contributed by atoms with E-state index in [4.69, 9.17) is 0 Å². The van der Waals surface area contributed by atoms with Crippen molar-refractivity contribution < 1.29 is 18.0 Å². The average Bonchev–Trinajstić information content (AvgIpc) is 2.28. The van der Waals surface area contributed by atoms with Gasteiger partial charge in [0.2, 0.25) is 0 Å². The molecule has 4 heteroatoms. The van der Waals surface area contributed by atoms with Crippen molar-refractivity contribution in [2.24, 2.45) is 17.8 Å². The van der Waals surface area contributed by atoms with Crippen LogP contribution in [0.25, 0.3) is 0 Å². The van der Waals surface area contributed by atoms with E-state index in [1.54, 1.807) is 0 Å². The molecular formula is C14H23F3O. The SMILES string of the molecule is CCCC(C)CC(=O)C1CCCCC1C(F)(F)F. The maximum atomic E-state index is 12.9. The number of ketones is 1. The summed E-state index contributed by atoms with van der Waals surface area (Å²) < 4.78 is 38.7. The van der Waals surface area contributed by atoms with Crippen molar-refractivity contribution in [3.8, 4) is 0 Å². The van der Waals surface area contributed by atoms with Gasteiger partial charge in [-0.1, -0.05) is 39.5 Å². The highest BCUT2D eigenvalue weighted by Gasteiger charge is 2.47. The molecule has 1 nitrogen and oxygen atoms in total. The summed E-state index contributed by atoms with van der Waals surface area (Å²) >= 11 is 0. The second kappa shape index (κ2) is 6.58. The maximum absolute atomic E-state index is 12.9. The Morgan fingerprint density at radius 2 is 1.89 bits per heavy atom. The van der Waals surface area contributed by atoms with Gasteiger partial charge in [-0.25, -0.2) is 0 Å². The Morgan fingerprint density at radius 1 is 1.28 bits per heavy atom. The third-order valence-corrected chi connectivity index (χ3v) is 3.93. The Morgan fingerprint density at radius 3 is 2.44 bits per heavy atom. The maximum Gasteiger partial charge on any atom is 0.392 e. The number of halogens is 3. The zero-order chi connectivity index (χ0) is 13.8. The Hall–Kier alpha value is -0.540. The molecule has 3 unspecified atom stereocenters. The molecule has 1 aliphatic rings. The Kier molecular flexibility index (Phi) is 5.67. The fourth-order valence-electron chi connectivity index (χ4n) is 3.00. The normalized spacial score (nSPS) is 26.9. The third-order valence-electron chi connectivity index (χ3n) is 3.93. The molecule has 0 saturated heterocycles. The molecular weight excluding hydrogens is 241 g/mol. The van der Waals surface area contributed by atoms with E-state index in [1.807, 2.05) is 13.8 Å². The van der Waals surface area contributed by atoms with Crippen LogP contribution in [0, 0.1) is 17.8 Å². The smallest absolute Gasteiger partial charge is 0.299 e. The lowest BCUT2D eigenvalue weighted by Gasteiger charge is -2.32. The summed E-state index contributed by atoms with van der Waals surface area (Å²) in [4.78, 5) is 12.0. The van der Waals surface area contributed by atoms with Gasteiger partial charge in [0.05, 0.1) is 5.92 Å². The largest absolute Gasteiger partial charge is 0.392 e. The van der Waals surface area contributed by atoms with Crippen molar-refractivity contribution >= 4 is 5.78 Å². The van der Waals surface area contributed by atoms with Crippen molar-refractivity contribution in [2.45, 2.75) is 65.0 Å². The van der Waals surface area contributed by atoms with Crippen molar-refractivity contribution in [1.29, 1.82) is 0 Å². The lowest BCUT2D eigenvalue weighted by molar-refractivity contribution is -0.197. The highest BCUT2D eigenvalue weighted by molar-refractivity contribution is 5.81. The first-order valence-corrected chi connectivity index (χ1v) is 6.95. The van der Waals surface area contributed by atoms with Gasteiger partial charge < -0.3 is 0 Å². The van der Waals surface area contributed by atoms with E-state index in [9.17, 15) is 18.0 Å². The number of Topliss-reactive ketones (excluding diaryl/α,β-unsaturated/α-hetero) is 1. The van der Waals surface area contributed by atoms with Crippen LogP contribution in [0.15, 0.2) is 0 Å². The van der Waals surface area contributed by atoms with E-state index < -0.39 is 18.0 Å². The topological polar surface area (TPSA) is 17.1 Å². The minimum absolute atomic E-state index is 0.127. The molecule has 0 amide bonds. The summed E-state index contributed by atoms with van der Waals surface area (Å²) in [7, 11) is 0. The van der Waals surface area contributed by atoms with E-state index in [-0.39, 0.29) is 18.1 Å². The van der Waals surface area contributed by atoms with Crippen molar-refractivity contribution in [1.82, 2.24) is 0 Å². The van der Waals surface area contributed by atoms with E-state index in [2.05, 4.69) is 0 Å². The van der Waals surface area contributed by atoms with Crippen LogP contribution < -0.4 is 0 Å². The predicted octanol–water partition coefficient (Wildman–Crippen LogP) is 4.75. The Labute approximate surface area is 107 Å². The van der Waals surface area contributed by atoms with Gasteiger partial charge >= 0.3 is 6.18 Å². The van der Waals surface area contributed by atoms with Gasteiger partial charge in [-0.2, -0.15) is 13.2 Å². The van der Waals surface area contributed by atoms with Gasteiger partial charge in [-0.3, -0.25) is 4.79 Å². The van der Waals surface area contributed by atoms with Crippen LogP contribution in [0.5, 0.6) is 0 Å². The molecule has 18 heavy (non-hydrogen) atoms. The summed E-state index contributed by atoms with van der Waals surface area (Å²) in [5.41, 5.74) is 0. The Balaban J connectivity index is 2.63. The van der Waals surface area contributed by atoms with E-state index in [0.717, 1.165) is 19.3 Å². The lowest BCUT2D eigenvalue weighted by atomic mass is 9.74. The summed E-state index contributed by atoms with van der Waals surface area (Å²) in [6, 6.07) is 0. The molecule has 0 aromatic carbocycles. The second-order valence-electron chi connectivity index (χ2n) is 5.60. The molecule has 0 heterocycles. The molecule has 0 radical (unpaired) electrons. The molecule has 1 rings (SSSR count). The molecule has 0 aliphatic heterocycles. The van der Waals surface area contributed by atoms with Crippen LogP contribution in [0.1, 0.15) is 58.8 Å². The number of hydrogen-bond acceptors (Lipinski definition) is 1. The quantitative estimate of drug-likeness (QED) is 0.700. The molecule has 3 atom stereocenters.